The molecule has 0 spiro atoms. The zero-order valence-electron chi connectivity index (χ0n) is 15.2. The second kappa shape index (κ2) is 7.19. The van der Waals surface area contributed by atoms with Crippen LogP contribution >= 0.6 is 0 Å². The third-order valence-corrected chi connectivity index (χ3v) is 4.93. The van der Waals surface area contributed by atoms with Crippen LogP contribution in [0.5, 0.6) is 0 Å². The maximum atomic E-state index is 12.2. The summed E-state index contributed by atoms with van der Waals surface area (Å²) < 4.78 is 0. The van der Waals surface area contributed by atoms with Gasteiger partial charge in [0.15, 0.2) is 0 Å². The minimum atomic E-state index is -0.387. The highest BCUT2D eigenvalue weighted by Crippen LogP contribution is 2.37. The quantitative estimate of drug-likeness (QED) is 0.800. The molecule has 7 nitrogen and oxygen atoms in total. The van der Waals surface area contributed by atoms with Crippen molar-refractivity contribution in [1.29, 1.82) is 0 Å². The number of piperidine rings is 1. The molecule has 3 rings (SSSR count). The number of nitrogens with one attached hydrogen (secondary N) is 2. The van der Waals surface area contributed by atoms with E-state index < -0.39 is 0 Å². The minimum absolute atomic E-state index is 0.121. The lowest BCUT2D eigenvalue weighted by Crippen LogP contribution is -2.50. The smallest absolute Gasteiger partial charge is 0.317 e. The largest absolute Gasteiger partial charge is 0.355 e. The number of amides is 4. The summed E-state index contributed by atoms with van der Waals surface area (Å²) in [5.74, 6) is -0.492. The Morgan fingerprint density at radius 3 is 2.88 bits per heavy atom. The lowest BCUT2D eigenvalue weighted by molar-refractivity contribution is -0.136. The molecule has 4 amide bonds. The average molecular weight is 356 g/mol. The van der Waals surface area contributed by atoms with Gasteiger partial charge in [-0.05, 0) is 24.5 Å². The fourth-order valence-electron chi connectivity index (χ4n) is 3.55. The van der Waals surface area contributed by atoms with Crippen LogP contribution in [0, 0.1) is 0 Å². The summed E-state index contributed by atoms with van der Waals surface area (Å²) in [7, 11) is 1.76. The van der Waals surface area contributed by atoms with Gasteiger partial charge in [-0.1, -0.05) is 24.8 Å². The normalized spacial score (nSPS) is 19.2. The number of rotatable bonds is 4. The summed E-state index contributed by atoms with van der Waals surface area (Å²) in [4.78, 5) is 39.2. The van der Waals surface area contributed by atoms with E-state index in [9.17, 15) is 14.4 Å². The van der Waals surface area contributed by atoms with Crippen LogP contribution in [-0.4, -0.2) is 47.3 Å². The van der Waals surface area contributed by atoms with Crippen LogP contribution in [0.2, 0.25) is 0 Å². The molecule has 1 fully saturated rings. The van der Waals surface area contributed by atoms with Gasteiger partial charge >= 0.3 is 6.03 Å². The topological polar surface area (TPSA) is 81.8 Å². The number of carbonyl (C=O) groups is 3. The van der Waals surface area contributed by atoms with E-state index in [1.807, 2.05) is 30.0 Å². The molecule has 26 heavy (non-hydrogen) atoms. The highest BCUT2D eigenvalue weighted by molar-refractivity contribution is 6.01. The molecule has 0 aliphatic carbocycles. The Bertz CT molecular complexity index is 774. The lowest BCUT2D eigenvalue weighted by atomic mass is 10.0. The van der Waals surface area contributed by atoms with Crippen molar-refractivity contribution in [3.8, 4) is 0 Å². The summed E-state index contributed by atoms with van der Waals surface area (Å²) in [5, 5.41) is 5.19. The van der Waals surface area contributed by atoms with Gasteiger partial charge in [-0.2, -0.15) is 0 Å². The average Bonchev–Trinajstić information content (AvgIpc) is 2.93. The molecule has 1 aromatic carbocycles. The van der Waals surface area contributed by atoms with Crippen molar-refractivity contribution in [2.75, 3.05) is 13.6 Å². The molecule has 1 unspecified atom stereocenters. The Labute approximate surface area is 153 Å². The van der Waals surface area contributed by atoms with Crippen molar-refractivity contribution >= 4 is 23.5 Å². The van der Waals surface area contributed by atoms with E-state index in [-0.39, 0.29) is 23.9 Å². The molecule has 0 bridgehead atoms. The lowest BCUT2D eigenvalue weighted by Gasteiger charge is -2.31. The van der Waals surface area contributed by atoms with Crippen LogP contribution in [0.25, 0.3) is 5.70 Å². The van der Waals surface area contributed by atoms with E-state index in [1.165, 1.54) is 0 Å². The number of hydrogen-bond acceptors (Lipinski definition) is 4. The number of carbonyl (C=O) groups excluding carboxylic acids is 3. The van der Waals surface area contributed by atoms with Gasteiger partial charge in [0.25, 0.3) is 0 Å². The molecular formula is C19H24N4O3. The number of nitrogens with zero attached hydrogens (tertiary/aromatic N) is 2. The van der Waals surface area contributed by atoms with E-state index in [0.717, 1.165) is 22.4 Å². The van der Waals surface area contributed by atoms with Crippen LogP contribution in [0.4, 0.5) is 4.79 Å². The maximum Gasteiger partial charge on any atom is 0.317 e. The van der Waals surface area contributed by atoms with Crippen molar-refractivity contribution < 1.29 is 14.4 Å². The van der Waals surface area contributed by atoms with Gasteiger partial charge in [-0.25, -0.2) is 4.79 Å². The number of fused-ring (bicyclic) bond motifs is 1. The number of imide groups is 1. The fraction of sp³-hybridized carbons (Fsp3) is 0.421. The van der Waals surface area contributed by atoms with Crippen LogP contribution < -0.4 is 10.6 Å². The fourth-order valence-corrected chi connectivity index (χ4v) is 3.55. The van der Waals surface area contributed by atoms with Crippen molar-refractivity contribution in [3.63, 3.8) is 0 Å². The standard InChI is InChI=1S/C19H24N4O3/c1-4-20-19(26)22(3)10-13-6-5-7-14-12(2)23(11-15(13)14)16-8-9-17(24)21-18(16)25/h5-7,16H,2,4,8-11H2,1,3H3,(H,20,26)(H,21,24,25). The Hall–Kier alpha value is -2.83. The van der Waals surface area contributed by atoms with E-state index in [0.29, 0.717) is 32.5 Å². The molecule has 1 atom stereocenters. The van der Waals surface area contributed by atoms with Gasteiger partial charge in [0.1, 0.15) is 6.04 Å². The zero-order chi connectivity index (χ0) is 18.8. The second-order valence-corrected chi connectivity index (χ2v) is 6.68. The summed E-state index contributed by atoms with van der Waals surface area (Å²) in [6, 6.07) is 5.42. The van der Waals surface area contributed by atoms with Crippen LogP contribution in [0.15, 0.2) is 24.8 Å². The highest BCUT2D eigenvalue weighted by atomic mass is 16.2. The first kappa shape index (κ1) is 18.0. The molecule has 0 saturated carbocycles. The molecule has 7 heteroatoms. The first-order valence-corrected chi connectivity index (χ1v) is 8.81. The van der Waals surface area contributed by atoms with Crippen LogP contribution in [-0.2, 0) is 22.7 Å². The van der Waals surface area contributed by atoms with Crippen molar-refractivity contribution in [2.24, 2.45) is 0 Å². The van der Waals surface area contributed by atoms with E-state index >= 15 is 0 Å². The first-order valence-electron chi connectivity index (χ1n) is 8.81. The molecular weight excluding hydrogens is 332 g/mol. The molecule has 0 radical (unpaired) electrons. The molecule has 1 aromatic rings. The second-order valence-electron chi connectivity index (χ2n) is 6.68. The summed E-state index contributed by atoms with van der Waals surface area (Å²) in [6.07, 6.45) is 0.829. The van der Waals surface area contributed by atoms with Crippen molar-refractivity contribution in [2.45, 2.75) is 38.9 Å². The highest BCUT2D eigenvalue weighted by Gasteiger charge is 2.36. The molecule has 2 heterocycles. The predicted octanol–water partition coefficient (Wildman–Crippen LogP) is 1.44. The number of hydrogen-bond donors (Lipinski definition) is 2. The van der Waals surface area contributed by atoms with Gasteiger partial charge < -0.3 is 15.1 Å². The third-order valence-electron chi connectivity index (χ3n) is 4.93. The first-order chi connectivity index (χ1) is 12.4. The van der Waals surface area contributed by atoms with E-state index in [4.69, 9.17) is 0 Å². The Morgan fingerprint density at radius 1 is 1.42 bits per heavy atom. The molecule has 138 valence electrons. The molecule has 1 saturated heterocycles. The van der Waals surface area contributed by atoms with Crippen molar-refractivity contribution in [1.82, 2.24) is 20.4 Å². The third kappa shape index (κ3) is 3.29. The SMILES string of the molecule is C=C1c2cccc(CN(C)C(=O)NCC)c2CN1C1CCC(=O)NC1=O. The monoisotopic (exact) mass is 356 g/mol. The van der Waals surface area contributed by atoms with Gasteiger partial charge in [-0.15, -0.1) is 0 Å². The van der Waals surface area contributed by atoms with Gasteiger partial charge in [0.2, 0.25) is 11.8 Å². The Morgan fingerprint density at radius 2 is 2.19 bits per heavy atom. The summed E-state index contributed by atoms with van der Waals surface area (Å²) in [5.41, 5.74) is 3.90. The number of benzene rings is 1. The zero-order valence-corrected chi connectivity index (χ0v) is 15.2. The molecule has 2 aliphatic heterocycles. The number of urea groups is 1. The van der Waals surface area contributed by atoms with E-state index in [2.05, 4.69) is 17.2 Å². The predicted molar refractivity (Wildman–Crippen MR) is 97.7 cm³/mol. The Balaban J connectivity index is 1.80. The van der Waals surface area contributed by atoms with Crippen molar-refractivity contribution in [3.05, 3.63) is 41.5 Å². The summed E-state index contributed by atoms with van der Waals surface area (Å²) in [6.45, 7) is 7.65. The maximum absolute atomic E-state index is 12.2. The van der Waals surface area contributed by atoms with Gasteiger partial charge in [0, 0.05) is 44.4 Å². The van der Waals surface area contributed by atoms with Gasteiger partial charge in [0.05, 0.1) is 0 Å². The van der Waals surface area contributed by atoms with Crippen LogP contribution in [0.3, 0.4) is 0 Å². The van der Waals surface area contributed by atoms with Gasteiger partial charge in [-0.3, -0.25) is 14.9 Å². The van der Waals surface area contributed by atoms with Crippen LogP contribution in [0.1, 0.15) is 36.5 Å². The van der Waals surface area contributed by atoms with E-state index in [1.54, 1.807) is 11.9 Å². The molecule has 2 aliphatic rings. The molecule has 2 N–H and O–H groups in total. The summed E-state index contributed by atoms with van der Waals surface area (Å²) >= 11 is 0. The Kier molecular flexibility index (Phi) is 4.97. The minimum Gasteiger partial charge on any atom is -0.355 e. The molecule has 0 aromatic heterocycles.